The summed E-state index contributed by atoms with van der Waals surface area (Å²) in [5.41, 5.74) is 1.66. The van der Waals surface area contributed by atoms with E-state index in [4.69, 9.17) is 4.74 Å². The van der Waals surface area contributed by atoms with Crippen LogP contribution in [0.4, 0.5) is 0 Å². The lowest BCUT2D eigenvalue weighted by Crippen LogP contribution is -2.27. The minimum absolute atomic E-state index is 0.236. The molecule has 0 amide bonds. The molecule has 1 aliphatic heterocycles. The van der Waals surface area contributed by atoms with Crippen LogP contribution in [0.25, 0.3) is 0 Å². The van der Waals surface area contributed by atoms with Gasteiger partial charge in [0.05, 0.1) is 28.6 Å². The third-order valence-electron chi connectivity index (χ3n) is 4.47. The first-order valence-corrected chi connectivity index (χ1v) is 10.8. The Balaban J connectivity index is 1.77. The van der Waals surface area contributed by atoms with Crippen molar-refractivity contribution in [2.45, 2.75) is 17.4 Å². The van der Waals surface area contributed by atoms with Crippen molar-refractivity contribution < 1.29 is 13.2 Å². The molecule has 0 radical (unpaired) electrons. The normalized spacial score (nSPS) is 17.0. The first kappa shape index (κ1) is 17.8. The molecule has 0 spiro atoms. The van der Waals surface area contributed by atoms with Crippen molar-refractivity contribution in [1.82, 2.24) is 4.41 Å². The number of hydrogen-bond acceptors (Lipinski definition) is 5. The number of rotatable bonds is 5. The van der Waals surface area contributed by atoms with Crippen molar-refractivity contribution in [1.29, 1.82) is 0 Å². The quantitative estimate of drug-likeness (QED) is 0.644. The Morgan fingerprint density at radius 2 is 1.78 bits per heavy atom. The van der Waals surface area contributed by atoms with E-state index in [-0.39, 0.29) is 4.90 Å². The molecule has 1 aromatic heterocycles. The topological polar surface area (TPSA) is 59.0 Å². The fraction of sp³-hybridized carbons (Fsp3) is 0.150. The van der Waals surface area contributed by atoms with Crippen LogP contribution < -0.4 is 4.74 Å². The molecule has 3 aromatic rings. The van der Waals surface area contributed by atoms with Crippen LogP contribution in [-0.4, -0.2) is 25.7 Å². The third-order valence-corrected chi connectivity index (χ3v) is 7.08. The molecular weight excluding hydrogens is 380 g/mol. The van der Waals surface area contributed by atoms with Gasteiger partial charge < -0.3 is 4.74 Å². The van der Waals surface area contributed by atoms with E-state index in [1.807, 2.05) is 41.8 Å². The van der Waals surface area contributed by atoms with Crippen LogP contribution in [0, 0.1) is 0 Å². The SMILES string of the molecule is COc1ccc([C@@H]2CC(c3cccs3)=NN2S(=O)(=O)c2ccccc2)cc1. The van der Waals surface area contributed by atoms with E-state index in [0.29, 0.717) is 6.42 Å². The smallest absolute Gasteiger partial charge is 0.279 e. The van der Waals surface area contributed by atoms with Crippen LogP contribution in [0.15, 0.2) is 82.1 Å². The first-order chi connectivity index (χ1) is 13.1. The van der Waals surface area contributed by atoms with Crippen molar-refractivity contribution in [3.8, 4) is 5.75 Å². The molecule has 27 heavy (non-hydrogen) atoms. The van der Waals surface area contributed by atoms with Crippen molar-refractivity contribution in [3.05, 3.63) is 82.6 Å². The summed E-state index contributed by atoms with van der Waals surface area (Å²) in [7, 11) is -2.15. The number of hydrazone groups is 1. The van der Waals surface area contributed by atoms with Crippen LogP contribution in [0.2, 0.25) is 0 Å². The molecule has 5 nitrogen and oxygen atoms in total. The van der Waals surface area contributed by atoms with Gasteiger partial charge in [0.2, 0.25) is 0 Å². The van der Waals surface area contributed by atoms with Crippen LogP contribution in [0.5, 0.6) is 5.75 Å². The molecule has 0 fully saturated rings. The van der Waals surface area contributed by atoms with Gasteiger partial charge >= 0.3 is 0 Å². The van der Waals surface area contributed by atoms with Crippen LogP contribution in [-0.2, 0) is 10.0 Å². The molecule has 2 heterocycles. The Morgan fingerprint density at radius 3 is 2.41 bits per heavy atom. The summed E-state index contributed by atoms with van der Waals surface area (Å²) in [6.07, 6.45) is 0.527. The minimum Gasteiger partial charge on any atom is -0.497 e. The van der Waals surface area contributed by atoms with Crippen molar-refractivity contribution in [2.75, 3.05) is 7.11 Å². The van der Waals surface area contributed by atoms with E-state index < -0.39 is 16.1 Å². The van der Waals surface area contributed by atoms with Crippen molar-refractivity contribution in [2.24, 2.45) is 5.10 Å². The molecule has 0 unspecified atom stereocenters. The lowest BCUT2D eigenvalue weighted by Gasteiger charge is -2.23. The predicted molar refractivity (Wildman–Crippen MR) is 107 cm³/mol. The maximum Gasteiger partial charge on any atom is 0.279 e. The predicted octanol–water partition coefficient (Wildman–Crippen LogP) is 4.30. The summed E-state index contributed by atoms with van der Waals surface area (Å²) in [6.45, 7) is 0. The van der Waals surface area contributed by atoms with E-state index in [2.05, 4.69) is 5.10 Å². The molecule has 4 rings (SSSR count). The molecule has 7 heteroatoms. The van der Waals surface area contributed by atoms with Gasteiger partial charge in [0.25, 0.3) is 10.0 Å². The molecule has 138 valence electrons. The van der Waals surface area contributed by atoms with Gasteiger partial charge in [-0.05, 0) is 41.3 Å². The largest absolute Gasteiger partial charge is 0.497 e. The Labute approximate surface area is 162 Å². The van der Waals surface area contributed by atoms with Gasteiger partial charge in [-0.25, -0.2) is 0 Å². The molecule has 0 aliphatic carbocycles. The molecule has 1 atom stereocenters. The molecule has 2 aromatic carbocycles. The van der Waals surface area contributed by atoms with Gasteiger partial charge in [-0.15, -0.1) is 11.3 Å². The fourth-order valence-corrected chi connectivity index (χ4v) is 5.25. The Bertz CT molecular complexity index is 1040. The monoisotopic (exact) mass is 398 g/mol. The summed E-state index contributed by atoms with van der Waals surface area (Å²) < 4.78 is 33.0. The van der Waals surface area contributed by atoms with Crippen molar-refractivity contribution >= 4 is 27.1 Å². The molecule has 1 aliphatic rings. The van der Waals surface area contributed by atoms with Gasteiger partial charge in [0.1, 0.15) is 5.75 Å². The number of benzene rings is 2. The van der Waals surface area contributed by atoms with Gasteiger partial charge in [0.15, 0.2) is 0 Å². The summed E-state index contributed by atoms with van der Waals surface area (Å²) in [5, 5.41) is 6.49. The third kappa shape index (κ3) is 3.36. The zero-order chi connectivity index (χ0) is 18.9. The second-order valence-corrected chi connectivity index (χ2v) is 8.85. The second kappa shape index (κ2) is 7.17. The highest BCUT2D eigenvalue weighted by molar-refractivity contribution is 7.89. The highest BCUT2D eigenvalue weighted by Gasteiger charge is 2.37. The Morgan fingerprint density at radius 1 is 1.04 bits per heavy atom. The standard InChI is InChI=1S/C20H18N2O3S2/c1-25-16-11-9-15(10-12-16)19-14-18(20-8-5-13-26-20)21-22(19)27(23,24)17-6-3-2-4-7-17/h2-13,19H,14H2,1H3/t19-/m0/s1. The number of thiophene rings is 1. The Hall–Kier alpha value is -2.64. The fourth-order valence-electron chi connectivity index (χ4n) is 3.08. The number of hydrogen-bond donors (Lipinski definition) is 0. The maximum atomic E-state index is 13.3. The van der Waals surface area contributed by atoms with Gasteiger partial charge in [0, 0.05) is 6.42 Å². The van der Waals surface area contributed by atoms with Crippen LogP contribution in [0.3, 0.4) is 0 Å². The lowest BCUT2D eigenvalue weighted by atomic mass is 10.0. The van der Waals surface area contributed by atoms with Crippen molar-refractivity contribution in [3.63, 3.8) is 0 Å². The highest BCUT2D eigenvalue weighted by Crippen LogP contribution is 2.38. The zero-order valence-corrected chi connectivity index (χ0v) is 16.3. The zero-order valence-electron chi connectivity index (χ0n) is 14.6. The number of sulfonamides is 1. The lowest BCUT2D eigenvalue weighted by molar-refractivity contribution is 0.370. The number of nitrogens with zero attached hydrogens (tertiary/aromatic N) is 2. The first-order valence-electron chi connectivity index (χ1n) is 8.44. The van der Waals surface area contributed by atoms with E-state index in [1.165, 1.54) is 4.41 Å². The maximum absolute atomic E-state index is 13.3. The van der Waals surface area contributed by atoms with Gasteiger partial charge in [-0.2, -0.15) is 17.9 Å². The van der Waals surface area contributed by atoms with E-state index in [0.717, 1.165) is 21.9 Å². The average Bonchev–Trinajstić information content (AvgIpc) is 3.39. The average molecular weight is 399 g/mol. The molecule has 0 bridgehead atoms. The highest BCUT2D eigenvalue weighted by atomic mass is 32.2. The van der Waals surface area contributed by atoms with E-state index in [1.54, 1.807) is 48.8 Å². The summed E-state index contributed by atoms with van der Waals surface area (Å²) in [6, 6.07) is 19.4. The summed E-state index contributed by atoms with van der Waals surface area (Å²) >= 11 is 1.56. The van der Waals surface area contributed by atoms with Gasteiger partial charge in [-0.1, -0.05) is 36.4 Å². The number of ether oxygens (including phenoxy) is 1. The molecule has 0 saturated carbocycles. The van der Waals surface area contributed by atoms with E-state index >= 15 is 0 Å². The van der Waals surface area contributed by atoms with Crippen LogP contribution >= 0.6 is 11.3 Å². The van der Waals surface area contributed by atoms with Crippen LogP contribution in [0.1, 0.15) is 22.9 Å². The minimum atomic E-state index is -3.76. The number of methoxy groups -OCH3 is 1. The summed E-state index contributed by atoms with van der Waals surface area (Å²) in [4.78, 5) is 1.22. The van der Waals surface area contributed by atoms with Gasteiger partial charge in [-0.3, -0.25) is 0 Å². The molecule has 0 saturated heterocycles. The molecular formula is C20H18N2O3S2. The Kier molecular flexibility index (Phi) is 4.72. The second-order valence-electron chi connectivity index (χ2n) is 6.11. The van der Waals surface area contributed by atoms with E-state index in [9.17, 15) is 8.42 Å². The molecule has 0 N–H and O–H groups in total. The summed E-state index contributed by atoms with van der Waals surface area (Å²) in [5.74, 6) is 0.730.